The van der Waals surface area contributed by atoms with E-state index in [4.69, 9.17) is 16.3 Å². The Morgan fingerprint density at radius 3 is 2.55 bits per heavy atom. The van der Waals surface area contributed by atoms with Crippen molar-refractivity contribution in [2.75, 3.05) is 26.0 Å². The van der Waals surface area contributed by atoms with Crippen LogP contribution in [-0.2, 0) is 9.84 Å². The first-order chi connectivity index (χ1) is 14.1. The summed E-state index contributed by atoms with van der Waals surface area (Å²) in [6.07, 6.45) is 0.254. The summed E-state index contributed by atoms with van der Waals surface area (Å²) in [5, 5.41) is 15.0. The fourth-order valence-electron chi connectivity index (χ4n) is 3.62. The number of benzene rings is 2. The molecule has 0 radical (unpaired) electrons. The predicted octanol–water partition coefficient (Wildman–Crippen LogP) is 4.27. The minimum Gasteiger partial charge on any atom is -0.492 e. The zero-order chi connectivity index (χ0) is 22.1. The van der Waals surface area contributed by atoms with Crippen molar-refractivity contribution in [1.82, 2.24) is 10.3 Å². The Kier molecular flexibility index (Phi) is 8.41. The van der Waals surface area contributed by atoms with Gasteiger partial charge in [0.15, 0.2) is 9.84 Å². The van der Waals surface area contributed by atoms with Crippen LogP contribution in [0.5, 0.6) is 5.75 Å². The third kappa shape index (κ3) is 5.73. The molecule has 2 aromatic carbocycles. The van der Waals surface area contributed by atoms with Gasteiger partial charge >= 0.3 is 0 Å². The second-order valence-electron chi connectivity index (χ2n) is 7.51. The van der Waals surface area contributed by atoms with Crippen LogP contribution < -0.4 is 10.1 Å². The van der Waals surface area contributed by atoms with Gasteiger partial charge < -0.3 is 20.1 Å². The zero-order valence-corrected chi connectivity index (χ0v) is 20.3. The summed E-state index contributed by atoms with van der Waals surface area (Å²) >= 11 is 6.05. The van der Waals surface area contributed by atoms with Gasteiger partial charge in [-0.05, 0) is 55.7 Å². The summed E-state index contributed by atoms with van der Waals surface area (Å²) in [5.74, 6) is 0.775. The van der Waals surface area contributed by atoms with E-state index < -0.39 is 15.9 Å². The number of sulfone groups is 1. The predicted molar refractivity (Wildman–Crippen MR) is 128 cm³/mol. The van der Waals surface area contributed by atoms with Gasteiger partial charge in [0.2, 0.25) is 0 Å². The van der Waals surface area contributed by atoms with Crippen molar-refractivity contribution < 1.29 is 18.3 Å². The van der Waals surface area contributed by atoms with Gasteiger partial charge in [0.25, 0.3) is 0 Å². The van der Waals surface area contributed by atoms with Crippen LogP contribution in [0.15, 0.2) is 35.2 Å². The first-order valence-corrected chi connectivity index (χ1v) is 12.0. The van der Waals surface area contributed by atoms with Crippen molar-refractivity contribution in [3.8, 4) is 5.75 Å². The largest absolute Gasteiger partial charge is 0.492 e. The summed E-state index contributed by atoms with van der Waals surface area (Å²) < 4.78 is 29.8. The molecule has 0 aliphatic rings. The van der Waals surface area contributed by atoms with Crippen LogP contribution in [0.4, 0.5) is 0 Å². The van der Waals surface area contributed by atoms with Crippen LogP contribution >= 0.6 is 24.0 Å². The van der Waals surface area contributed by atoms with E-state index in [9.17, 15) is 13.5 Å². The molecular formula is C22H28Cl2N2O4S. The molecule has 3 N–H and O–H groups in total. The quantitative estimate of drug-likeness (QED) is 0.413. The Balaban J connectivity index is 0.00000341. The van der Waals surface area contributed by atoms with Crippen molar-refractivity contribution in [1.29, 1.82) is 0 Å². The lowest BCUT2D eigenvalue weighted by atomic mass is 10.0. The maximum absolute atomic E-state index is 12.0. The van der Waals surface area contributed by atoms with E-state index in [2.05, 4.69) is 17.2 Å². The fourth-order valence-corrected chi connectivity index (χ4v) is 5.34. The van der Waals surface area contributed by atoms with Gasteiger partial charge in [0, 0.05) is 42.0 Å². The summed E-state index contributed by atoms with van der Waals surface area (Å²) in [4.78, 5) is 3.41. The lowest BCUT2D eigenvalue weighted by Crippen LogP contribution is -2.26. The average molecular weight is 487 g/mol. The number of aryl methyl sites for hydroxylation is 2. The van der Waals surface area contributed by atoms with Gasteiger partial charge in [-0.2, -0.15) is 0 Å². The lowest BCUT2D eigenvalue weighted by molar-refractivity contribution is 0.171. The van der Waals surface area contributed by atoms with Crippen LogP contribution in [0.2, 0.25) is 5.02 Å². The Morgan fingerprint density at radius 2 is 1.87 bits per heavy atom. The summed E-state index contributed by atoms with van der Waals surface area (Å²) in [5.41, 5.74) is 4.44. The molecule has 0 aliphatic carbocycles. The Labute approximate surface area is 194 Å². The number of halogens is 2. The molecule has 3 aromatic rings. The third-order valence-electron chi connectivity index (χ3n) is 5.29. The average Bonchev–Trinajstić information content (AvgIpc) is 2.93. The van der Waals surface area contributed by atoms with Crippen molar-refractivity contribution in [2.45, 2.75) is 31.8 Å². The monoisotopic (exact) mass is 486 g/mol. The molecule has 0 saturated carbocycles. The van der Waals surface area contributed by atoms with E-state index in [1.54, 1.807) is 13.0 Å². The summed E-state index contributed by atoms with van der Waals surface area (Å²) in [6, 6.07) is 9.14. The molecule has 1 heterocycles. The highest BCUT2D eigenvalue weighted by molar-refractivity contribution is 7.90. The maximum Gasteiger partial charge on any atom is 0.177 e. The van der Waals surface area contributed by atoms with Crippen molar-refractivity contribution in [2.24, 2.45) is 0 Å². The Hall–Kier alpha value is -1.77. The molecule has 6 nitrogen and oxygen atoms in total. The number of ether oxygens (including phenoxy) is 1. The Bertz CT molecular complexity index is 1180. The van der Waals surface area contributed by atoms with Gasteiger partial charge in [-0.15, -0.1) is 12.4 Å². The molecule has 1 unspecified atom stereocenters. The molecule has 31 heavy (non-hydrogen) atoms. The molecular weight excluding hydrogens is 459 g/mol. The molecule has 0 aliphatic heterocycles. The van der Waals surface area contributed by atoms with Crippen molar-refractivity contribution in [3.63, 3.8) is 0 Å². The standard InChI is InChI=1S/C22H27ClN2O4S.ClH/c1-13-15(3)25-20-11-16(5-6-17(13)20)29-10-9-24-12-21(26)18-7-8-19(23)22(14(18)2)30(4,27)28;/h5-8,11,21,24-26H,9-10,12H2,1-4H3;1H. The minimum absolute atomic E-state index is 0. The molecule has 1 aromatic heterocycles. The molecule has 170 valence electrons. The molecule has 0 fully saturated rings. The number of aromatic amines is 1. The number of H-pyrrole nitrogens is 1. The summed E-state index contributed by atoms with van der Waals surface area (Å²) in [6.45, 7) is 7.03. The normalized spacial score (nSPS) is 12.6. The van der Waals surface area contributed by atoms with Gasteiger partial charge in [0.05, 0.1) is 16.0 Å². The van der Waals surface area contributed by atoms with Crippen LogP contribution in [0.25, 0.3) is 10.9 Å². The first kappa shape index (κ1) is 25.5. The summed E-state index contributed by atoms with van der Waals surface area (Å²) in [7, 11) is -3.48. The van der Waals surface area contributed by atoms with Gasteiger partial charge in [-0.3, -0.25) is 0 Å². The van der Waals surface area contributed by atoms with Gasteiger partial charge in [-0.25, -0.2) is 8.42 Å². The maximum atomic E-state index is 12.0. The molecule has 0 amide bonds. The van der Waals surface area contributed by atoms with Crippen molar-refractivity contribution >= 4 is 44.7 Å². The number of aromatic nitrogens is 1. The number of aliphatic hydroxyl groups is 1. The van der Waals surface area contributed by atoms with Gasteiger partial charge in [-0.1, -0.05) is 17.7 Å². The second-order valence-corrected chi connectivity index (χ2v) is 9.87. The molecule has 3 rings (SSSR count). The smallest absolute Gasteiger partial charge is 0.177 e. The number of hydrogen-bond acceptors (Lipinski definition) is 5. The van der Waals surface area contributed by atoms with E-state index in [-0.39, 0.29) is 28.9 Å². The number of hydrogen-bond donors (Lipinski definition) is 3. The Morgan fingerprint density at radius 1 is 1.16 bits per heavy atom. The lowest BCUT2D eigenvalue weighted by Gasteiger charge is -2.17. The first-order valence-electron chi connectivity index (χ1n) is 9.69. The highest BCUT2D eigenvalue weighted by Gasteiger charge is 2.21. The van der Waals surface area contributed by atoms with Crippen LogP contribution in [0.3, 0.4) is 0 Å². The molecule has 1 atom stereocenters. The molecule has 9 heteroatoms. The third-order valence-corrected chi connectivity index (χ3v) is 6.99. The second kappa shape index (κ2) is 10.2. The topological polar surface area (TPSA) is 91.4 Å². The van der Waals surface area contributed by atoms with Crippen molar-refractivity contribution in [3.05, 3.63) is 57.7 Å². The number of rotatable bonds is 8. The van der Waals surface area contributed by atoms with E-state index in [1.807, 2.05) is 25.1 Å². The van der Waals surface area contributed by atoms with Crippen LogP contribution in [-0.4, -0.2) is 44.5 Å². The van der Waals surface area contributed by atoms with Crippen LogP contribution in [0.1, 0.15) is 28.5 Å². The van der Waals surface area contributed by atoms with E-state index in [1.165, 1.54) is 17.0 Å². The number of aliphatic hydroxyl groups excluding tert-OH is 1. The van der Waals surface area contributed by atoms with E-state index in [0.29, 0.717) is 24.3 Å². The number of fused-ring (bicyclic) bond motifs is 1. The molecule has 0 bridgehead atoms. The molecule has 0 spiro atoms. The minimum atomic E-state index is -3.48. The van der Waals surface area contributed by atoms with Crippen LogP contribution in [0, 0.1) is 20.8 Å². The highest BCUT2D eigenvalue weighted by atomic mass is 35.5. The SMILES string of the molecule is Cc1[nH]c2cc(OCCNCC(O)c3ccc(Cl)c(S(C)(=O)=O)c3C)ccc2c1C.Cl. The van der Waals surface area contributed by atoms with E-state index >= 15 is 0 Å². The zero-order valence-electron chi connectivity index (χ0n) is 18.0. The van der Waals surface area contributed by atoms with E-state index in [0.717, 1.165) is 23.2 Å². The van der Waals surface area contributed by atoms with Gasteiger partial charge in [0.1, 0.15) is 12.4 Å². The molecule has 0 saturated heterocycles. The highest BCUT2D eigenvalue weighted by Crippen LogP contribution is 2.30. The number of nitrogens with one attached hydrogen (secondary N) is 2. The fraction of sp³-hybridized carbons (Fsp3) is 0.364.